The summed E-state index contributed by atoms with van der Waals surface area (Å²) >= 11 is 0. The van der Waals surface area contributed by atoms with Crippen LogP contribution in [-0.2, 0) is 17.4 Å². The maximum atomic E-state index is 14.2. The fourth-order valence-electron chi connectivity index (χ4n) is 3.56. The molecule has 0 fully saturated rings. The minimum absolute atomic E-state index is 0.0860. The van der Waals surface area contributed by atoms with E-state index in [1.807, 2.05) is 0 Å². The molecule has 3 aromatic rings. The van der Waals surface area contributed by atoms with Gasteiger partial charge in [-0.1, -0.05) is 6.07 Å². The standard InChI is InChI=1S/C22H16F5N3O2/c1-10-14(8-18(31)29-11(2)13-4-3-12(9-28)7-16(13)24)21(32)30-17-6-5-15(23)20(19(10)17)22(25,26)27/h3-7,11H,8H2,1-2H3,(H,29,31)(H,30,32)/t11-/m0/s1. The van der Waals surface area contributed by atoms with Crippen LogP contribution in [0.15, 0.2) is 35.1 Å². The second kappa shape index (κ2) is 8.42. The minimum Gasteiger partial charge on any atom is -0.349 e. The van der Waals surface area contributed by atoms with E-state index in [-0.39, 0.29) is 27.8 Å². The fraction of sp³-hybridized carbons (Fsp3) is 0.227. The van der Waals surface area contributed by atoms with E-state index < -0.39 is 52.7 Å². The molecule has 0 unspecified atom stereocenters. The van der Waals surface area contributed by atoms with E-state index in [1.54, 1.807) is 6.07 Å². The van der Waals surface area contributed by atoms with Crippen LogP contribution in [0.5, 0.6) is 0 Å². The molecule has 0 aliphatic rings. The second-order valence-electron chi connectivity index (χ2n) is 7.21. The van der Waals surface area contributed by atoms with Crippen LogP contribution in [0.2, 0.25) is 0 Å². The number of amides is 1. The summed E-state index contributed by atoms with van der Waals surface area (Å²) in [6.07, 6.45) is -5.62. The van der Waals surface area contributed by atoms with Gasteiger partial charge in [0.2, 0.25) is 5.91 Å². The van der Waals surface area contributed by atoms with Crippen LogP contribution in [0.1, 0.15) is 40.8 Å². The highest BCUT2D eigenvalue weighted by Crippen LogP contribution is 2.37. The summed E-state index contributed by atoms with van der Waals surface area (Å²) in [5.74, 6) is -2.97. The summed E-state index contributed by atoms with van der Waals surface area (Å²) in [4.78, 5) is 27.2. The van der Waals surface area contributed by atoms with Crippen LogP contribution in [0.25, 0.3) is 10.9 Å². The van der Waals surface area contributed by atoms with E-state index in [0.717, 1.165) is 12.1 Å². The Bertz CT molecular complexity index is 1320. The molecule has 2 N–H and O–H groups in total. The smallest absolute Gasteiger partial charge is 0.349 e. The van der Waals surface area contributed by atoms with Crippen molar-refractivity contribution < 1.29 is 26.7 Å². The highest BCUT2D eigenvalue weighted by atomic mass is 19.4. The van der Waals surface area contributed by atoms with Crippen molar-refractivity contribution in [3.8, 4) is 6.07 Å². The second-order valence-corrected chi connectivity index (χ2v) is 7.21. The normalized spacial score (nSPS) is 12.4. The molecule has 3 rings (SSSR count). The number of carbonyl (C=O) groups is 1. The molecule has 1 atom stereocenters. The largest absolute Gasteiger partial charge is 0.419 e. The SMILES string of the molecule is Cc1c(CC(=O)N[C@@H](C)c2ccc(C#N)cc2F)c(=O)[nH]c2ccc(F)c(C(F)(F)F)c12. The number of rotatable bonds is 4. The van der Waals surface area contributed by atoms with Crippen molar-refractivity contribution in [2.75, 3.05) is 0 Å². The first-order chi connectivity index (χ1) is 14.9. The number of H-pyrrole nitrogens is 1. The van der Waals surface area contributed by atoms with Crippen LogP contribution in [0.3, 0.4) is 0 Å². The first-order valence-electron chi connectivity index (χ1n) is 9.34. The molecule has 0 bridgehead atoms. The molecule has 0 radical (unpaired) electrons. The molecular weight excluding hydrogens is 433 g/mol. The van der Waals surface area contributed by atoms with E-state index in [2.05, 4.69) is 10.3 Å². The summed E-state index contributed by atoms with van der Waals surface area (Å²) in [5.41, 5.74) is -2.79. The van der Waals surface area contributed by atoms with Gasteiger partial charge in [0.15, 0.2) is 0 Å². The molecule has 5 nitrogen and oxygen atoms in total. The van der Waals surface area contributed by atoms with Crippen molar-refractivity contribution in [3.05, 3.63) is 80.1 Å². The van der Waals surface area contributed by atoms with Crippen LogP contribution < -0.4 is 10.9 Å². The quantitative estimate of drug-likeness (QED) is 0.578. The van der Waals surface area contributed by atoms with Crippen LogP contribution >= 0.6 is 0 Å². The number of aromatic nitrogens is 1. The molecule has 1 aromatic heterocycles. The first-order valence-corrected chi connectivity index (χ1v) is 9.34. The minimum atomic E-state index is -5.02. The van der Waals surface area contributed by atoms with Crippen LogP contribution in [0.4, 0.5) is 22.0 Å². The monoisotopic (exact) mass is 449 g/mol. The Labute approximate surface area is 178 Å². The van der Waals surface area contributed by atoms with Gasteiger partial charge >= 0.3 is 6.18 Å². The van der Waals surface area contributed by atoms with Gasteiger partial charge in [0, 0.05) is 22.0 Å². The molecule has 0 saturated heterocycles. The number of nitrogens with zero attached hydrogens (tertiary/aromatic N) is 1. The lowest BCUT2D eigenvalue weighted by atomic mass is 9.97. The van der Waals surface area contributed by atoms with Crippen LogP contribution in [-0.4, -0.2) is 10.9 Å². The van der Waals surface area contributed by atoms with Gasteiger partial charge in [-0.15, -0.1) is 0 Å². The van der Waals surface area contributed by atoms with Crippen molar-refractivity contribution in [3.63, 3.8) is 0 Å². The predicted octanol–water partition coefficient (Wildman–Crippen LogP) is 4.43. The van der Waals surface area contributed by atoms with Crippen LogP contribution in [0, 0.1) is 29.9 Å². The highest BCUT2D eigenvalue weighted by Gasteiger charge is 2.37. The molecule has 2 aromatic carbocycles. The number of aromatic amines is 1. The van der Waals surface area contributed by atoms with Gasteiger partial charge in [-0.05, 0) is 43.7 Å². The number of nitriles is 1. The van der Waals surface area contributed by atoms with E-state index in [0.29, 0.717) is 6.07 Å². The number of carbonyl (C=O) groups excluding carboxylic acids is 1. The fourth-order valence-corrected chi connectivity index (χ4v) is 3.56. The Kier molecular flexibility index (Phi) is 6.03. The average Bonchev–Trinajstić information content (AvgIpc) is 2.70. The van der Waals surface area contributed by atoms with Gasteiger partial charge in [0.1, 0.15) is 17.2 Å². The van der Waals surface area contributed by atoms with E-state index in [4.69, 9.17) is 5.26 Å². The van der Waals surface area contributed by atoms with Crippen molar-refractivity contribution in [2.45, 2.75) is 32.5 Å². The number of benzene rings is 2. The van der Waals surface area contributed by atoms with E-state index >= 15 is 0 Å². The lowest BCUT2D eigenvalue weighted by Gasteiger charge is -2.17. The summed E-state index contributed by atoms with van der Waals surface area (Å²) in [5, 5.41) is 10.7. The summed E-state index contributed by atoms with van der Waals surface area (Å²) in [6, 6.07) is 6.26. The number of hydrogen-bond acceptors (Lipinski definition) is 3. The highest BCUT2D eigenvalue weighted by molar-refractivity contribution is 5.89. The molecule has 1 amide bonds. The van der Waals surface area contributed by atoms with Gasteiger partial charge in [-0.2, -0.15) is 18.4 Å². The third-order valence-corrected chi connectivity index (χ3v) is 5.10. The number of pyridine rings is 1. The summed E-state index contributed by atoms with van der Waals surface area (Å²) in [7, 11) is 0. The molecule has 0 saturated carbocycles. The lowest BCUT2D eigenvalue weighted by Crippen LogP contribution is -2.31. The third kappa shape index (κ3) is 4.32. The number of alkyl halides is 3. The molecule has 0 aliphatic heterocycles. The zero-order valence-corrected chi connectivity index (χ0v) is 16.8. The molecule has 0 spiro atoms. The van der Waals surface area contributed by atoms with Crippen molar-refractivity contribution >= 4 is 16.8 Å². The topological polar surface area (TPSA) is 85.8 Å². The maximum Gasteiger partial charge on any atom is 0.419 e. The molecule has 10 heteroatoms. The van der Waals surface area contributed by atoms with Gasteiger partial charge < -0.3 is 10.3 Å². The average molecular weight is 449 g/mol. The number of halogens is 5. The zero-order valence-electron chi connectivity index (χ0n) is 16.8. The Morgan fingerprint density at radius 3 is 2.47 bits per heavy atom. The molecule has 32 heavy (non-hydrogen) atoms. The number of nitrogens with one attached hydrogen (secondary N) is 2. The first kappa shape index (κ1) is 22.9. The number of aryl methyl sites for hydroxylation is 1. The third-order valence-electron chi connectivity index (χ3n) is 5.10. The van der Waals surface area contributed by atoms with Crippen molar-refractivity contribution in [1.82, 2.24) is 10.3 Å². The van der Waals surface area contributed by atoms with Gasteiger partial charge in [0.25, 0.3) is 5.56 Å². The Balaban J connectivity index is 1.96. The maximum absolute atomic E-state index is 14.2. The van der Waals surface area contributed by atoms with E-state index in [1.165, 1.54) is 26.0 Å². The van der Waals surface area contributed by atoms with Crippen molar-refractivity contribution in [2.24, 2.45) is 0 Å². The van der Waals surface area contributed by atoms with Gasteiger partial charge in [-0.25, -0.2) is 8.78 Å². The predicted molar refractivity (Wildman–Crippen MR) is 106 cm³/mol. The van der Waals surface area contributed by atoms with E-state index in [9.17, 15) is 31.5 Å². The number of hydrogen-bond donors (Lipinski definition) is 2. The van der Waals surface area contributed by atoms with Gasteiger partial charge in [-0.3, -0.25) is 9.59 Å². The molecule has 1 heterocycles. The summed E-state index contributed by atoms with van der Waals surface area (Å²) < 4.78 is 68.5. The molecular formula is C22H16F5N3O2. The molecule has 166 valence electrons. The van der Waals surface area contributed by atoms with Gasteiger partial charge in [0.05, 0.1) is 24.1 Å². The Morgan fingerprint density at radius 2 is 1.88 bits per heavy atom. The molecule has 0 aliphatic carbocycles. The lowest BCUT2D eigenvalue weighted by molar-refractivity contribution is -0.138. The van der Waals surface area contributed by atoms with Crippen molar-refractivity contribution in [1.29, 1.82) is 5.26 Å². The summed E-state index contributed by atoms with van der Waals surface area (Å²) in [6.45, 7) is 2.68. The Morgan fingerprint density at radius 1 is 1.19 bits per heavy atom. The Hall–Kier alpha value is -3.74. The number of fused-ring (bicyclic) bond motifs is 1. The zero-order chi connectivity index (χ0) is 23.8.